The molecule has 1 aromatic rings. The fourth-order valence-electron chi connectivity index (χ4n) is 1.27. The van der Waals surface area contributed by atoms with Gasteiger partial charge >= 0.3 is 5.97 Å². The van der Waals surface area contributed by atoms with Crippen molar-refractivity contribution in [2.24, 2.45) is 0 Å². The normalized spacial score (nSPS) is 10.1. The minimum Gasteiger partial charge on any atom is -0.475 e. The van der Waals surface area contributed by atoms with Crippen LogP contribution in [0.25, 0.3) is 0 Å². The molecule has 0 bridgehead atoms. The lowest BCUT2D eigenvalue weighted by Crippen LogP contribution is -2.15. The summed E-state index contributed by atoms with van der Waals surface area (Å²) in [4.78, 5) is 21.6. The third-order valence-corrected chi connectivity index (χ3v) is 2.28. The first kappa shape index (κ1) is 11.7. The van der Waals surface area contributed by atoms with Crippen LogP contribution in [0.15, 0.2) is 12.1 Å². The zero-order valence-corrected chi connectivity index (χ0v) is 8.64. The van der Waals surface area contributed by atoms with E-state index in [1.54, 1.807) is 6.92 Å². The van der Waals surface area contributed by atoms with Crippen LogP contribution in [0.2, 0.25) is 5.02 Å². The average molecular weight is 231 g/mol. The molecule has 80 valence electrons. The first-order valence-electron chi connectivity index (χ1n) is 4.23. The molecule has 5 heteroatoms. The van der Waals surface area contributed by atoms with Gasteiger partial charge in [0.1, 0.15) is 5.82 Å². The van der Waals surface area contributed by atoms with Crippen molar-refractivity contribution in [2.75, 3.05) is 0 Å². The predicted molar refractivity (Wildman–Crippen MR) is 52.8 cm³/mol. The Labute approximate surface area is 90.5 Å². The van der Waals surface area contributed by atoms with Gasteiger partial charge in [-0.25, -0.2) is 9.18 Å². The van der Waals surface area contributed by atoms with Crippen molar-refractivity contribution >= 4 is 23.4 Å². The fourth-order valence-corrected chi connectivity index (χ4v) is 1.44. The maximum atomic E-state index is 13.4. The van der Waals surface area contributed by atoms with Gasteiger partial charge in [0.2, 0.25) is 0 Å². The Bertz CT molecular complexity index is 429. The molecule has 0 saturated heterocycles. The molecule has 1 aromatic carbocycles. The molecular weight excluding hydrogens is 223 g/mol. The van der Waals surface area contributed by atoms with Gasteiger partial charge in [-0.05, 0) is 18.6 Å². The van der Waals surface area contributed by atoms with Gasteiger partial charge in [0.15, 0.2) is 0 Å². The number of ketones is 1. The molecule has 3 nitrogen and oxygen atoms in total. The number of rotatable bonds is 3. The molecule has 15 heavy (non-hydrogen) atoms. The summed E-state index contributed by atoms with van der Waals surface area (Å²) in [5.74, 6) is -3.46. The third kappa shape index (κ3) is 2.15. The maximum absolute atomic E-state index is 13.4. The van der Waals surface area contributed by atoms with Gasteiger partial charge < -0.3 is 5.11 Å². The van der Waals surface area contributed by atoms with E-state index in [2.05, 4.69) is 0 Å². The van der Waals surface area contributed by atoms with Crippen LogP contribution in [0.5, 0.6) is 0 Å². The van der Waals surface area contributed by atoms with Crippen LogP contribution < -0.4 is 0 Å². The van der Waals surface area contributed by atoms with Crippen molar-refractivity contribution in [3.63, 3.8) is 0 Å². The van der Waals surface area contributed by atoms with E-state index in [1.807, 2.05) is 0 Å². The highest BCUT2D eigenvalue weighted by Crippen LogP contribution is 2.22. The lowest BCUT2D eigenvalue weighted by Gasteiger charge is -2.06. The maximum Gasteiger partial charge on any atom is 0.377 e. The fraction of sp³-hybridized carbons (Fsp3) is 0.200. The molecule has 0 amide bonds. The summed E-state index contributed by atoms with van der Waals surface area (Å²) in [6, 6.07) is 2.40. The van der Waals surface area contributed by atoms with Crippen LogP contribution >= 0.6 is 11.6 Å². The van der Waals surface area contributed by atoms with E-state index in [-0.39, 0.29) is 22.6 Å². The van der Waals surface area contributed by atoms with Crippen LogP contribution in [-0.4, -0.2) is 16.9 Å². The number of carbonyl (C=O) groups excluding carboxylic acids is 1. The topological polar surface area (TPSA) is 54.4 Å². The second-order valence-corrected chi connectivity index (χ2v) is 3.28. The summed E-state index contributed by atoms with van der Waals surface area (Å²) < 4.78 is 13.4. The Morgan fingerprint density at radius 2 is 2.07 bits per heavy atom. The summed E-state index contributed by atoms with van der Waals surface area (Å²) in [5.41, 5.74) is -0.109. The highest BCUT2D eigenvalue weighted by molar-refractivity contribution is 6.40. The average Bonchev–Trinajstić information content (AvgIpc) is 2.20. The second kappa shape index (κ2) is 4.40. The Morgan fingerprint density at radius 3 is 2.53 bits per heavy atom. The molecule has 0 aliphatic heterocycles. The molecule has 0 aromatic heterocycles. The number of benzene rings is 1. The minimum atomic E-state index is -1.61. The van der Waals surface area contributed by atoms with Crippen LogP contribution in [0.4, 0.5) is 4.39 Å². The van der Waals surface area contributed by atoms with E-state index < -0.39 is 17.6 Å². The first-order valence-corrected chi connectivity index (χ1v) is 4.61. The molecule has 1 rings (SSSR count). The van der Waals surface area contributed by atoms with Gasteiger partial charge in [0.05, 0.1) is 5.02 Å². The lowest BCUT2D eigenvalue weighted by molar-refractivity contribution is -0.131. The SMILES string of the molecule is CCc1c(C(=O)C(=O)O)ccc(Cl)c1F. The van der Waals surface area contributed by atoms with Crippen molar-refractivity contribution in [2.45, 2.75) is 13.3 Å². The molecule has 0 atom stereocenters. The van der Waals surface area contributed by atoms with Crippen LogP contribution in [-0.2, 0) is 11.2 Å². The van der Waals surface area contributed by atoms with E-state index in [4.69, 9.17) is 16.7 Å². The molecular formula is C10H8ClFO3. The number of carboxylic acids is 1. The molecule has 0 unspecified atom stereocenters. The highest BCUT2D eigenvalue weighted by Gasteiger charge is 2.21. The van der Waals surface area contributed by atoms with Crippen LogP contribution in [0.3, 0.4) is 0 Å². The van der Waals surface area contributed by atoms with E-state index in [1.165, 1.54) is 12.1 Å². The van der Waals surface area contributed by atoms with Gasteiger partial charge in [-0.1, -0.05) is 18.5 Å². The zero-order chi connectivity index (χ0) is 11.6. The minimum absolute atomic E-state index is 0.0369. The van der Waals surface area contributed by atoms with Crippen molar-refractivity contribution in [3.05, 3.63) is 34.1 Å². The molecule has 0 saturated carbocycles. The van der Waals surface area contributed by atoms with E-state index in [0.717, 1.165) is 0 Å². The quantitative estimate of drug-likeness (QED) is 0.640. The van der Waals surface area contributed by atoms with E-state index >= 15 is 0 Å². The number of Topliss-reactive ketones (excluding diaryl/α,β-unsaturated/α-hetero) is 1. The van der Waals surface area contributed by atoms with Crippen LogP contribution in [0.1, 0.15) is 22.8 Å². The Balaban J connectivity index is 3.37. The Kier molecular flexibility index (Phi) is 3.42. The number of carbonyl (C=O) groups is 2. The number of hydrogen-bond donors (Lipinski definition) is 1. The third-order valence-electron chi connectivity index (χ3n) is 1.99. The molecule has 0 radical (unpaired) electrons. The van der Waals surface area contributed by atoms with E-state index in [0.29, 0.717) is 0 Å². The summed E-state index contributed by atoms with van der Waals surface area (Å²) in [6.45, 7) is 1.62. The number of hydrogen-bond acceptors (Lipinski definition) is 2. The molecule has 1 N–H and O–H groups in total. The zero-order valence-electron chi connectivity index (χ0n) is 7.88. The smallest absolute Gasteiger partial charge is 0.377 e. The van der Waals surface area contributed by atoms with Gasteiger partial charge in [0, 0.05) is 11.1 Å². The highest BCUT2D eigenvalue weighted by atomic mass is 35.5. The second-order valence-electron chi connectivity index (χ2n) is 2.88. The van der Waals surface area contributed by atoms with Crippen molar-refractivity contribution in [1.82, 2.24) is 0 Å². The standard InChI is InChI=1S/C10H8ClFO3/c1-2-5-6(9(13)10(14)15)3-4-7(11)8(5)12/h3-4H,2H2,1H3,(H,14,15). The molecule has 0 heterocycles. The largest absolute Gasteiger partial charge is 0.475 e. The van der Waals surface area contributed by atoms with Gasteiger partial charge in [0.25, 0.3) is 5.78 Å². The number of aliphatic carboxylic acids is 1. The number of carboxylic acid groups (broad SMARTS) is 1. The molecule has 0 spiro atoms. The van der Waals surface area contributed by atoms with Crippen LogP contribution in [0, 0.1) is 5.82 Å². The van der Waals surface area contributed by atoms with E-state index in [9.17, 15) is 14.0 Å². The van der Waals surface area contributed by atoms with Crippen molar-refractivity contribution < 1.29 is 19.1 Å². The summed E-state index contributed by atoms with van der Waals surface area (Å²) in [6.07, 6.45) is 0.209. The Hall–Kier alpha value is -1.42. The van der Waals surface area contributed by atoms with Gasteiger partial charge in [-0.3, -0.25) is 4.79 Å². The van der Waals surface area contributed by atoms with Gasteiger partial charge in [-0.2, -0.15) is 0 Å². The summed E-state index contributed by atoms with van der Waals surface area (Å²) in [5, 5.41) is 8.39. The summed E-state index contributed by atoms with van der Waals surface area (Å²) >= 11 is 5.52. The molecule has 0 aliphatic rings. The summed E-state index contributed by atoms with van der Waals surface area (Å²) in [7, 11) is 0. The Morgan fingerprint density at radius 1 is 1.47 bits per heavy atom. The van der Waals surface area contributed by atoms with Crippen molar-refractivity contribution in [3.8, 4) is 0 Å². The monoisotopic (exact) mass is 230 g/mol. The lowest BCUT2D eigenvalue weighted by atomic mass is 10.0. The first-order chi connectivity index (χ1) is 6.99. The molecule has 0 aliphatic carbocycles. The van der Waals surface area contributed by atoms with Gasteiger partial charge in [-0.15, -0.1) is 0 Å². The molecule has 0 fully saturated rings. The predicted octanol–water partition coefficient (Wildman–Crippen LogP) is 2.31. The van der Waals surface area contributed by atoms with Crippen molar-refractivity contribution in [1.29, 1.82) is 0 Å². The number of halogens is 2.